The van der Waals surface area contributed by atoms with Gasteiger partial charge in [0, 0.05) is 26.1 Å². The zero-order valence-electron chi connectivity index (χ0n) is 18.7. The van der Waals surface area contributed by atoms with Crippen LogP contribution in [0, 0.1) is 0 Å². The molecule has 0 saturated heterocycles. The first-order valence-corrected chi connectivity index (χ1v) is 10.3. The molecule has 0 aromatic rings. The number of hydrogen-bond donors (Lipinski definition) is 0. The zero-order chi connectivity index (χ0) is 30.5. The molecule has 0 aromatic heterocycles. The summed E-state index contributed by atoms with van der Waals surface area (Å²) in [4.78, 5) is 0. The number of ether oxygens (including phenoxy) is 2. The van der Waals surface area contributed by atoms with Crippen LogP contribution >= 0.6 is 0 Å². The number of unbranched alkanes of at least 4 members (excludes halogenated alkanes) is 3. The van der Waals surface area contributed by atoms with Crippen LogP contribution in [0.1, 0.15) is 38.5 Å². The highest BCUT2D eigenvalue weighted by molar-refractivity contribution is 5.01. The second kappa shape index (κ2) is 12.4. The Labute approximate surface area is 202 Å². The summed E-state index contributed by atoms with van der Waals surface area (Å²) in [7, 11) is 0. The van der Waals surface area contributed by atoms with Crippen LogP contribution in [0.3, 0.4) is 0 Å². The Kier molecular flexibility index (Phi) is 12.0. The number of alkyl halides is 18. The van der Waals surface area contributed by atoms with E-state index in [1.165, 1.54) is 0 Å². The van der Waals surface area contributed by atoms with Crippen molar-refractivity contribution in [3.63, 3.8) is 0 Å². The minimum absolute atomic E-state index is 0.0164. The summed E-state index contributed by atoms with van der Waals surface area (Å²) in [6, 6.07) is 0. The molecule has 0 heterocycles. The van der Waals surface area contributed by atoms with Crippen molar-refractivity contribution in [2.75, 3.05) is 26.4 Å². The SMILES string of the molecule is FC(F)(F)C(F)(F)C(F)(F)C(F)(F)CCOCCCCCCOCCC(F)(F)C(F)(F)C(F)(F)C(F)(F)F. The highest BCUT2D eigenvalue weighted by Gasteiger charge is 2.82. The molecule has 0 rings (SSSR count). The van der Waals surface area contributed by atoms with Crippen molar-refractivity contribution in [2.24, 2.45) is 0 Å². The Morgan fingerprint density at radius 2 is 0.579 bits per heavy atom. The van der Waals surface area contributed by atoms with Crippen molar-refractivity contribution in [1.82, 2.24) is 0 Å². The average Bonchev–Trinajstić information content (AvgIpc) is 2.72. The van der Waals surface area contributed by atoms with Crippen molar-refractivity contribution in [2.45, 2.75) is 86.4 Å². The Morgan fingerprint density at radius 3 is 0.816 bits per heavy atom. The van der Waals surface area contributed by atoms with E-state index in [2.05, 4.69) is 9.47 Å². The van der Waals surface area contributed by atoms with Crippen LogP contribution < -0.4 is 0 Å². The van der Waals surface area contributed by atoms with Gasteiger partial charge in [0.25, 0.3) is 0 Å². The number of rotatable bonds is 17. The van der Waals surface area contributed by atoms with Gasteiger partial charge in [-0.2, -0.15) is 79.0 Å². The molecule has 0 amide bonds. The minimum Gasteiger partial charge on any atom is -0.381 e. The predicted molar refractivity (Wildman–Crippen MR) is 91.1 cm³/mol. The molecule has 0 aromatic carbocycles. The fraction of sp³-hybridized carbons (Fsp3) is 1.00. The largest absolute Gasteiger partial charge is 0.460 e. The van der Waals surface area contributed by atoms with Crippen LogP contribution in [0.15, 0.2) is 0 Å². The maximum Gasteiger partial charge on any atom is 0.460 e. The second-order valence-electron chi connectivity index (χ2n) is 7.84. The molecule has 0 atom stereocenters. The van der Waals surface area contributed by atoms with E-state index in [1.54, 1.807) is 0 Å². The standard InChI is InChI=1S/C18H20F18O2/c19-11(20,13(23,24)15(27,28)17(31,32)33)5-9-37-7-3-1-2-4-8-38-10-6-12(21,22)14(25,26)16(29,30)18(34,35)36/h1-10H2. The van der Waals surface area contributed by atoms with Crippen molar-refractivity contribution < 1.29 is 88.5 Å². The van der Waals surface area contributed by atoms with E-state index < -0.39 is 87.2 Å². The summed E-state index contributed by atoms with van der Waals surface area (Å²) in [6.07, 6.45) is -18.0. The lowest BCUT2D eigenvalue weighted by atomic mass is 10.0. The monoisotopic (exact) mass is 610 g/mol. The summed E-state index contributed by atoms with van der Waals surface area (Å²) in [5, 5.41) is 0. The molecule has 0 fully saturated rings. The Hall–Kier alpha value is -1.34. The molecule has 0 aliphatic rings. The van der Waals surface area contributed by atoms with E-state index in [4.69, 9.17) is 0 Å². The first kappa shape index (κ1) is 36.7. The van der Waals surface area contributed by atoms with Crippen LogP contribution in [0.25, 0.3) is 0 Å². The lowest BCUT2D eigenvalue weighted by Crippen LogP contribution is -2.61. The molecule has 38 heavy (non-hydrogen) atoms. The fourth-order valence-corrected chi connectivity index (χ4v) is 2.50. The predicted octanol–water partition coefficient (Wildman–Crippen LogP) is 8.30. The van der Waals surface area contributed by atoms with Crippen LogP contribution in [0.4, 0.5) is 79.0 Å². The lowest BCUT2D eigenvalue weighted by Gasteiger charge is -2.33. The van der Waals surface area contributed by atoms with Crippen LogP contribution in [-0.2, 0) is 9.47 Å². The molecule has 0 spiro atoms. The van der Waals surface area contributed by atoms with Gasteiger partial charge in [-0.25, -0.2) is 0 Å². The molecule has 20 heteroatoms. The van der Waals surface area contributed by atoms with Gasteiger partial charge in [-0.05, 0) is 12.8 Å². The van der Waals surface area contributed by atoms with Crippen LogP contribution in [0.5, 0.6) is 0 Å². The van der Waals surface area contributed by atoms with E-state index in [1.807, 2.05) is 0 Å². The van der Waals surface area contributed by atoms with Gasteiger partial charge in [-0.3, -0.25) is 0 Å². The van der Waals surface area contributed by atoms with Gasteiger partial charge in [0.05, 0.1) is 13.2 Å². The van der Waals surface area contributed by atoms with Crippen LogP contribution in [0.2, 0.25) is 0 Å². The van der Waals surface area contributed by atoms with Gasteiger partial charge in [-0.1, -0.05) is 12.8 Å². The lowest BCUT2D eigenvalue weighted by molar-refractivity contribution is -0.397. The molecule has 2 nitrogen and oxygen atoms in total. The van der Waals surface area contributed by atoms with E-state index in [-0.39, 0.29) is 25.7 Å². The molecule has 0 radical (unpaired) electrons. The summed E-state index contributed by atoms with van der Waals surface area (Å²) in [6.45, 7) is -3.56. The van der Waals surface area contributed by atoms with Crippen molar-refractivity contribution in [3.8, 4) is 0 Å². The molecule has 0 saturated carbocycles. The third kappa shape index (κ3) is 8.09. The smallest absolute Gasteiger partial charge is 0.381 e. The van der Waals surface area contributed by atoms with Crippen molar-refractivity contribution >= 4 is 0 Å². The Morgan fingerprint density at radius 1 is 0.316 bits per heavy atom. The summed E-state index contributed by atoms with van der Waals surface area (Å²) in [5.74, 6) is -39.1. The third-order valence-electron chi connectivity index (χ3n) is 4.87. The minimum atomic E-state index is -7.02. The van der Waals surface area contributed by atoms with Gasteiger partial charge in [-0.15, -0.1) is 0 Å². The molecule has 0 bridgehead atoms. The molecule has 0 aliphatic carbocycles. The number of halogens is 18. The summed E-state index contributed by atoms with van der Waals surface area (Å²) in [5.41, 5.74) is 0. The molecule has 0 aliphatic heterocycles. The maximum absolute atomic E-state index is 13.3. The molecule has 230 valence electrons. The zero-order valence-corrected chi connectivity index (χ0v) is 18.7. The van der Waals surface area contributed by atoms with Crippen molar-refractivity contribution in [1.29, 1.82) is 0 Å². The average molecular weight is 610 g/mol. The van der Waals surface area contributed by atoms with Crippen LogP contribution in [-0.4, -0.2) is 74.3 Å². The second-order valence-corrected chi connectivity index (χ2v) is 7.84. The van der Waals surface area contributed by atoms with Crippen molar-refractivity contribution in [3.05, 3.63) is 0 Å². The first-order chi connectivity index (χ1) is 16.7. The topological polar surface area (TPSA) is 18.5 Å². The fourth-order valence-electron chi connectivity index (χ4n) is 2.50. The normalized spacial score (nSPS) is 15.3. The first-order valence-electron chi connectivity index (χ1n) is 10.3. The van der Waals surface area contributed by atoms with E-state index >= 15 is 0 Å². The van der Waals surface area contributed by atoms with Gasteiger partial charge >= 0.3 is 47.9 Å². The molecular formula is C18H20F18O2. The highest BCUT2D eigenvalue weighted by atomic mass is 19.4. The summed E-state index contributed by atoms with van der Waals surface area (Å²) < 4.78 is 237. The van der Waals surface area contributed by atoms with Gasteiger partial charge in [0.15, 0.2) is 0 Å². The van der Waals surface area contributed by atoms with Gasteiger partial charge in [0.1, 0.15) is 0 Å². The third-order valence-corrected chi connectivity index (χ3v) is 4.87. The maximum atomic E-state index is 13.3. The van der Waals surface area contributed by atoms with E-state index in [0.29, 0.717) is 0 Å². The highest BCUT2D eigenvalue weighted by Crippen LogP contribution is 2.55. The van der Waals surface area contributed by atoms with Gasteiger partial charge < -0.3 is 9.47 Å². The molecule has 0 unspecified atom stereocenters. The Balaban J connectivity index is 4.24. The molecular weight excluding hydrogens is 590 g/mol. The summed E-state index contributed by atoms with van der Waals surface area (Å²) >= 11 is 0. The molecule has 0 N–H and O–H groups in total. The quantitative estimate of drug-likeness (QED) is 0.122. The van der Waals surface area contributed by atoms with Gasteiger partial charge in [0.2, 0.25) is 0 Å². The van der Waals surface area contributed by atoms with E-state index in [0.717, 1.165) is 0 Å². The number of hydrogen-bond acceptors (Lipinski definition) is 2. The van der Waals surface area contributed by atoms with E-state index in [9.17, 15) is 79.0 Å². The Bertz CT molecular complexity index is 653.